The van der Waals surface area contributed by atoms with Gasteiger partial charge in [-0.2, -0.15) is 4.31 Å². The standard InChI is InChI=1S/C16H26N2O2S/c1-4-10-18(11-5-2)21(19,20)14-16-9-7-8-15(12-16)13-17-6-3/h4,7-9,12,17H,1,5-6,10-11,13-14H2,2-3H3. The summed E-state index contributed by atoms with van der Waals surface area (Å²) in [5.41, 5.74) is 1.94. The monoisotopic (exact) mass is 310 g/mol. The number of nitrogens with zero attached hydrogens (tertiary/aromatic N) is 1. The molecule has 0 atom stereocenters. The van der Waals surface area contributed by atoms with Crippen LogP contribution in [0.3, 0.4) is 0 Å². The van der Waals surface area contributed by atoms with Crippen LogP contribution >= 0.6 is 0 Å². The average Bonchev–Trinajstić information content (AvgIpc) is 2.45. The number of hydrogen-bond acceptors (Lipinski definition) is 3. The van der Waals surface area contributed by atoms with Crippen LogP contribution in [-0.4, -0.2) is 32.4 Å². The van der Waals surface area contributed by atoms with Gasteiger partial charge in [0, 0.05) is 19.6 Å². The van der Waals surface area contributed by atoms with Gasteiger partial charge in [-0.25, -0.2) is 8.42 Å². The van der Waals surface area contributed by atoms with Gasteiger partial charge in [-0.05, 0) is 24.1 Å². The van der Waals surface area contributed by atoms with Crippen molar-refractivity contribution in [1.82, 2.24) is 9.62 Å². The summed E-state index contributed by atoms with van der Waals surface area (Å²) >= 11 is 0. The smallest absolute Gasteiger partial charge is 0.218 e. The molecule has 0 unspecified atom stereocenters. The van der Waals surface area contributed by atoms with Crippen molar-refractivity contribution in [2.75, 3.05) is 19.6 Å². The van der Waals surface area contributed by atoms with E-state index in [2.05, 4.69) is 11.9 Å². The van der Waals surface area contributed by atoms with Crippen LogP contribution in [0.2, 0.25) is 0 Å². The lowest BCUT2D eigenvalue weighted by Gasteiger charge is -2.20. The minimum Gasteiger partial charge on any atom is -0.313 e. The average molecular weight is 310 g/mol. The zero-order valence-corrected chi connectivity index (χ0v) is 13.8. The molecule has 118 valence electrons. The Morgan fingerprint density at radius 1 is 1.29 bits per heavy atom. The SMILES string of the molecule is C=CCN(CCC)S(=O)(=O)Cc1cccc(CNCC)c1. The first-order valence-corrected chi connectivity index (χ1v) is 9.01. The largest absolute Gasteiger partial charge is 0.313 e. The highest BCUT2D eigenvalue weighted by Gasteiger charge is 2.20. The number of sulfonamides is 1. The van der Waals surface area contributed by atoms with E-state index in [1.807, 2.05) is 38.1 Å². The number of nitrogens with one attached hydrogen (secondary N) is 1. The molecule has 0 aromatic heterocycles. The van der Waals surface area contributed by atoms with Gasteiger partial charge in [0.15, 0.2) is 0 Å². The lowest BCUT2D eigenvalue weighted by atomic mass is 10.1. The molecule has 0 fully saturated rings. The quantitative estimate of drug-likeness (QED) is 0.676. The Hall–Kier alpha value is -1.17. The predicted molar refractivity (Wildman–Crippen MR) is 88.5 cm³/mol. The third-order valence-corrected chi connectivity index (χ3v) is 4.94. The summed E-state index contributed by atoms with van der Waals surface area (Å²) in [6, 6.07) is 7.74. The Labute approximate surface area is 128 Å². The number of rotatable bonds is 10. The highest BCUT2D eigenvalue weighted by Crippen LogP contribution is 2.13. The van der Waals surface area contributed by atoms with E-state index in [1.165, 1.54) is 4.31 Å². The second-order valence-electron chi connectivity index (χ2n) is 5.00. The summed E-state index contributed by atoms with van der Waals surface area (Å²) in [5.74, 6) is 0.0425. The molecule has 0 aliphatic carbocycles. The van der Waals surface area contributed by atoms with E-state index in [0.29, 0.717) is 13.1 Å². The van der Waals surface area contributed by atoms with E-state index < -0.39 is 10.0 Å². The summed E-state index contributed by atoms with van der Waals surface area (Å²) in [6.45, 7) is 10.2. The van der Waals surface area contributed by atoms with Gasteiger partial charge in [-0.3, -0.25) is 0 Å². The molecule has 5 heteroatoms. The van der Waals surface area contributed by atoms with Crippen molar-refractivity contribution in [3.63, 3.8) is 0 Å². The number of hydrogen-bond donors (Lipinski definition) is 1. The molecule has 0 aliphatic rings. The molecular weight excluding hydrogens is 284 g/mol. The minimum atomic E-state index is -3.30. The van der Waals surface area contributed by atoms with Gasteiger partial charge in [-0.15, -0.1) is 6.58 Å². The second-order valence-corrected chi connectivity index (χ2v) is 6.97. The van der Waals surface area contributed by atoms with Crippen LogP contribution in [0.4, 0.5) is 0 Å². The summed E-state index contributed by atoms with van der Waals surface area (Å²) in [6.07, 6.45) is 2.43. The topological polar surface area (TPSA) is 49.4 Å². The Balaban J connectivity index is 2.84. The van der Waals surface area contributed by atoms with Crippen molar-refractivity contribution in [1.29, 1.82) is 0 Å². The van der Waals surface area contributed by atoms with Gasteiger partial charge in [0.1, 0.15) is 0 Å². The van der Waals surface area contributed by atoms with Gasteiger partial charge < -0.3 is 5.32 Å². The zero-order chi connectivity index (χ0) is 15.7. The van der Waals surface area contributed by atoms with Crippen molar-refractivity contribution < 1.29 is 8.42 Å². The molecule has 0 heterocycles. The fraction of sp³-hybridized carbons (Fsp3) is 0.500. The highest BCUT2D eigenvalue weighted by atomic mass is 32.2. The molecule has 0 saturated carbocycles. The third-order valence-electron chi connectivity index (χ3n) is 3.12. The molecule has 1 N–H and O–H groups in total. The third kappa shape index (κ3) is 5.99. The lowest BCUT2D eigenvalue weighted by molar-refractivity contribution is 0.441. The van der Waals surface area contributed by atoms with Crippen molar-refractivity contribution in [2.45, 2.75) is 32.6 Å². The molecular formula is C16H26N2O2S. The first-order valence-electron chi connectivity index (χ1n) is 7.40. The van der Waals surface area contributed by atoms with Gasteiger partial charge in [0.05, 0.1) is 5.75 Å². The molecule has 0 spiro atoms. The molecule has 0 aliphatic heterocycles. The highest BCUT2D eigenvalue weighted by molar-refractivity contribution is 7.88. The summed E-state index contributed by atoms with van der Waals surface area (Å²) in [7, 11) is -3.30. The normalized spacial score (nSPS) is 11.8. The Bertz CT molecular complexity index is 541. The van der Waals surface area contributed by atoms with E-state index in [4.69, 9.17) is 0 Å². The first-order chi connectivity index (χ1) is 10.0. The summed E-state index contributed by atoms with van der Waals surface area (Å²) in [5, 5.41) is 3.24. The van der Waals surface area contributed by atoms with E-state index in [1.54, 1.807) is 6.08 Å². The van der Waals surface area contributed by atoms with Crippen molar-refractivity contribution in [2.24, 2.45) is 0 Å². The van der Waals surface area contributed by atoms with E-state index in [9.17, 15) is 8.42 Å². The molecule has 1 rings (SSSR count). The predicted octanol–water partition coefficient (Wildman–Crippen LogP) is 2.52. The second kappa shape index (κ2) is 8.97. The van der Waals surface area contributed by atoms with Crippen LogP contribution in [0.15, 0.2) is 36.9 Å². The molecule has 1 aromatic rings. The molecule has 21 heavy (non-hydrogen) atoms. The van der Waals surface area contributed by atoms with Crippen molar-refractivity contribution >= 4 is 10.0 Å². The lowest BCUT2D eigenvalue weighted by Crippen LogP contribution is -2.33. The van der Waals surface area contributed by atoms with Crippen LogP contribution < -0.4 is 5.32 Å². The first kappa shape index (κ1) is 17.9. The maximum atomic E-state index is 12.5. The molecule has 1 aromatic carbocycles. The molecule has 0 bridgehead atoms. The van der Waals surface area contributed by atoms with E-state index >= 15 is 0 Å². The molecule has 0 radical (unpaired) electrons. The van der Waals surface area contributed by atoms with Crippen molar-refractivity contribution in [3.8, 4) is 0 Å². The maximum Gasteiger partial charge on any atom is 0.218 e. The van der Waals surface area contributed by atoms with Crippen LogP contribution in [0.1, 0.15) is 31.4 Å². The Kier molecular flexibility index (Phi) is 7.64. The van der Waals surface area contributed by atoms with Gasteiger partial charge in [0.25, 0.3) is 0 Å². The molecule has 0 saturated heterocycles. The fourth-order valence-corrected chi connectivity index (χ4v) is 3.71. The molecule has 4 nitrogen and oxygen atoms in total. The van der Waals surface area contributed by atoms with Crippen molar-refractivity contribution in [3.05, 3.63) is 48.0 Å². The number of benzene rings is 1. The minimum absolute atomic E-state index is 0.0425. The zero-order valence-electron chi connectivity index (χ0n) is 13.0. The Morgan fingerprint density at radius 2 is 2.00 bits per heavy atom. The van der Waals surface area contributed by atoms with Gasteiger partial charge >= 0.3 is 0 Å². The molecule has 0 amide bonds. The van der Waals surface area contributed by atoms with Crippen LogP contribution in [-0.2, 0) is 22.3 Å². The van der Waals surface area contributed by atoms with Crippen LogP contribution in [0.25, 0.3) is 0 Å². The van der Waals surface area contributed by atoms with Crippen LogP contribution in [0.5, 0.6) is 0 Å². The maximum absolute atomic E-state index is 12.5. The van der Waals surface area contributed by atoms with Gasteiger partial charge in [0.2, 0.25) is 10.0 Å². The van der Waals surface area contributed by atoms with E-state index in [0.717, 1.165) is 30.6 Å². The fourth-order valence-electron chi connectivity index (χ4n) is 2.14. The summed E-state index contributed by atoms with van der Waals surface area (Å²) < 4.78 is 26.4. The van der Waals surface area contributed by atoms with Crippen LogP contribution in [0, 0.1) is 0 Å². The van der Waals surface area contributed by atoms with E-state index in [-0.39, 0.29) is 5.75 Å². The van der Waals surface area contributed by atoms with Gasteiger partial charge in [-0.1, -0.05) is 44.2 Å². The summed E-state index contributed by atoms with van der Waals surface area (Å²) in [4.78, 5) is 0. The Morgan fingerprint density at radius 3 is 2.62 bits per heavy atom.